The number of hydrazone groups is 1. The fourth-order valence-electron chi connectivity index (χ4n) is 5.45. The summed E-state index contributed by atoms with van der Waals surface area (Å²) in [5, 5.41) is 22.3. The van der Waals surface area contributed by atoms with Crippen LogP contribution < -0.4 is 15.0 Å². The standard InChI is InChI=1S/C38H62N6O3SSi/c1-13-23-38(45,43-48(46)36(5,6)7)34-19-16-18-33(42-34)29(4)44(40-26-28(3)32(14-2)30-21-24-39-25-22-30)35-20-15-17-31(41-35)27-47-49(11,12)37(8,9)10/h14-20,26,29-30,39,43,45H,2,13,21-25,27H2,1,3-12H3/b32-28-,40-26-. The average Bonchev–Trinajstić information content (AvgIpc) is 3.04. The summed E-state index contributed by atoms with van der Waals surface area (Å²) in [4.78, 5) is 10.0. The van der Waals surface area contributed by atoms with Crippen LogP contribution in [0.3, 0.4) is 0 Å². The Labute approximate surface area is 300 Å². The predicted molar refractivity (Wildman–Crippen MR) is 208 cm³/mol. The molecule has 0 amide bonds. The zero-order valence-electron chi connectivity index (χ0n) is 31.9. The molecule has 1 fully saturated rings. The van der Waals surface area contributed by atoms with Crippen molar-refractivity contribution in [3.8, 4) is 0 Å². The Hall–Kier alpha value is -2.38. The molecule has 3 N–H and O–H groups in total. The highest BCUT2D eigenvalue weighted by Crippen LogP contribution is 2.37. The molecule has 0 spiro atoms. The van der Waals surface area contributed by atoms with Crippen molar-refractivity contribution in [1.29, 1.82) is 0 Å². The number of piperidine rings is 1. The van der Waals surface area contributed by atoms with Crippen molar-refractivity contribution in [1.82, 2.24) is 20.0 Å². The van der Waals surface area contributed by atoms with Crippen LogP contribution >= 0.6 is 0 Å². The Morgan fingerprint density at radius 1 is 1.16 bits per heavy atom. The molecule has 2 aromatic heterocycles. The van der Waals surface area contributed by atoms with Crippen molar-refractivity contribution in [2.24, 2.45) is 11.0 Å². The van der Waals surface area contributed by atoms with Gasteiger partial charge < -0.3 is 19.4 Å². The summed E-state index contributed by atoms with van der Waals surface area (Å²) in [6, 6.07) is 11.2. The maximum atomic E-state index is 13.1. The molecule has 49 heavy (non-hydrogen) atoms. The van der Waals surface area contributed by atoms with Gasteiger partial charge in [-0.1, -0.05) is 58.9 Å². The summed E-state index contributed by atoms with van der Waals surface area (Å²) in [6.45, 7) is 29.5. The number of hydrogen-bond acceptors (Lipinski definition) is 9. The minimum Gasteiger partial charge on any atom is -0.598 e. The molecule has 272 valence electrons. The first-order chi connectivity index (χ1) is 22.8. The van der Waals surface area contributed by atoms with Gasteiger partial charge in [-0.05, 0) is 126 Å². The SMILES string of the molecule is C=C/C(=C(C)/C=N\N(c1cccc(CO[Si](C)(C)C(C)(C)C)n1)C(C)c1cccc(C(O)(CCC)N[S+]([O-])C(C)(C)C)n1)C1CCNCC1. The van der Waals surface area contributed by atoms with Crippen LogP contribution in [0.2, 0.25) is 18.1 Å². The van der Waals surface area contributed by atoms with Crippen molar-refractivity contribution in [2.45, 2.75) is 129 Å². The number of allylic oxidation sites excluding steroid dienone is 3. The number of nitrogens with one attached hydrogen (secondary N) is 2. The van der Waals surface area contributed by atoms with Crippen LogP contribution in [0.1, 0.15) is 111 Å². The molecule has 1 aliphatic rings. The summed E-state index contributed by atoms with van der Waals surface area (Å²) < 4.78 is 22.1. The van der Waals surface area contributed by atoms with Crippen LogP contribution in [0.5, 0.6) is 0 Å². The van der Waals surface area contributed by atoms with Gasteiger partial charge in [-0.3, -0.25) is 4.98 Å². The monoisotopic (exact) mass is 710 g/mol. The molecular formula is C38H62N6O3SSi. The van der Waals surface area contributed by atoms with Crippen molar-refractivity contribution in [3.63, 3.8) is 0 Å². The molecule has 0 bridgehead atoms. The number of nitrogens with zero attached hydrogens (tertiary/aromatic N) is 4. The quantitative estimate of drug-likeness (QED) is 0.0425. The molecule has 0 aromatic carbocycles. The van der Waals surface area contributed by atoms with E-state index in [4.69, 9.17) is 19.5 Å². The number of aromatic nitrogens is 2. The van der Waals surface area contributed by atoms with Gasteiger partial charge in [0.15, 0.2) is 14.0 Å². The molecule has 1 aliphatic heterocycles. The van der Waals surface area contributed by atoms with Crippen LogP contribution in [0.4, 0.5) is 5.82 Å². The lowest BCUT2D eigenvalue weighted by Gasteiger charge is -2.36. The fraction of sp³-hybridized carbons (Fsp3) is 0.605. The number of rotatable bonds is 15. The zero-order valence-corrected chi connectivity index (χ0v) is 33.7. The predicted octanol–water partition coefficient (Wildman–Crippen LogP) is 8.05. The van der Waals surface area contributed by atoms with Crippen molar-refractivity contribution in [3.05, 3.63) is 77.3 Å². The van der Waals surface area contributed by atoms with Gasteiger partial charge in [0.1, 0.15) is 10.6 Å². The van der Waals surface area contributed by atoms with Crippen LogP contribution in [-0.2, 0) is 28.1 Å². The Morgan fingerprint density at radius 3 is 2.41 bits per heavy atom. The maximum Gasteiger partial charge on any atom is 0.200 e. The number of pyridine rings is 2. The molecule has 3 rings (SSSR count). The zero-order chi connectivity index (χ0) is 36.6. The number of hydrogen-bond donors (Lipinski definition) is 3. The third-order valence-electron chi connectivity index (χ3n) is 9.66. The summed E-state index contributed by atoms with van der Waals surface area (Å²) in [7, 11) is -1.99. The molecule has 11 heteroatoms. The summed E-state index contributed by atoms with van der Waals surface area (Å²) in [5.41, 5.74) is 2.65. The van der Waals surface area contributed by atoms with E-state index in [1.807, 2.05) is 82.3 Å². The van der Waals surface area contributed by atoms with Crippen molar-refractivity contribution in [2.75, 3.05) is 18.1 Å². The molecule has 2 aromatic rings. The molecule has 3 atom stereocenters. The van der Waals surface area contributed by atoms with Crippen molar-refractivity contribution >= 4 is 31.7 Å². The van der Waals surface area contributed by atoms with E-state index in [-0.39, 0.29) is 11.1 Å². The minimum atomic E-state index is -1.99. The van der Waals surface area contributed by atoms with Gasteiger partial charge in [0, 0.05) is 11.4 Å². The van der Waals surface area contributed by atoms with Gasteiger partial charge in [0.05, 0.1) is 35.9 Å². The second-order valence-electron chi connectivity index (χ2n) is 15.7. The van der Waals surface area contributed by atoms with Gasteiger partial charge in [-0.2, -0.15) is 5.10 Å². The second-order valence-corrected chi connectivity index (χ2v) is 22.5. The topological polar surface area (TPSA) is 118 Å². The summed E-state index contributed by atoms with van der Waals surface area (Å²) in [6.07, 6.45) is 7.03. The molecule has 1 saturated heterocycles. The van der Waals surface area contributed by atoms with Gasteiger partial charge in [0.25, 0.3) is 0 Å². The van der Waals surface area contributed by atoms with Crippen LogP contribution in [0.15, 0.2) is 65.3 Å². The van der Waals surface area contributed by atoms with E-state index in [1.165, 1.54) is 5.57 Å². The Bertz CT molecular complexity index is 1450. The average molecular weight is 711 g/mol. The summed E-state index contributed by atoms with van der Waals surface area (Å²) in [5.74, 6) is 1.10. The van der Waals surface area contributed by atoms with E-state index in [2.05, 4.69) is 57.4 Å². The molecule has 9 nitrogen and oxygen atoms in total. The first-order valence-electron chi connectivity index (χ1n) is 17.7. The minimum absolute atomic E-state index is 0.0846. The Kier molecular flexibility index (Phi) is 14.4. The molecule has 0 aliphatic carbocycles. The highest BCUT2D eigenvalue weighted by Gasteiger charge is 2.40. The lowest BCUT2D eigenvalue weighted by molar-refractivity contribution is 0.00972. The van der Waals surface area contributed by atoms with E-state index in [1.54, 1.807) is 6.07 Å². The molecule has 0 radical (unpaired) electrons. The van der Waals surface area contributed by atoms with Gasteiger partial charge in [-0.15, -0.1) is 4.72 Å². The highest BCUT2D eigenvalue weighted by atomic mass is 32.2. The van der Waals surface area contributed by atoms with Gasteiger partial charge in [-0.25, -0.2) is 9.99 Å². The summed E-state index contributed by atoms with van der Waals surface area (Å²) >= 11 is -1.51. The van der Waals surface area contributed by atoms with Gasteiger partial charge >= 0.3 is 0 Å². The second kappa shape index (κ2) is 17.2. The van der Waals surface area contributed by atoms with E-state index in [0.717, 1.165) is 37.2 Å². The first-order valence-corrected chi connectivity index (χ1v) is 21.7. The molecule has 3 unspecified atom stereocenters. The fourth-order valence-corrected chi connectivity index (χ4v) is 7.21. The van der Waals surface area contributed by atoms with Gasteiger partial charge in [0.2, 0.25) is 0 Å². The molecule has 3 heterocycles. The van der Waals surface area contributed by atoms with E-state index in [9.17, 15) is 9.66 Å². The first kappa shape index (κ1) is 41.0. The van der Waals surface area contributed by atoms with E-state index in [0.29, 0.717) is 42.6 Å². The normalized spacial score (nSPS) is 18.1. The largest absolute Gasteiger partial charge is 0.598 e. The molecular weight excluding hydrogens is 649 g/mol. The highest BCUT2D eigenvalue weighted by molar-refractivity contribution is 7.90. The third kappa shape index (κ3) is 11.1. The van der Waals surface area contributed by atoms with E-state index < -0.39 is 30.2 Å². The molecule has 0 saturated carbocycles. The maximum absolute atomic E-state index is 13.1. The van der Waals surface area contributed by atoms with Crippen LogP contribution in [-0.4, -0.2) is 52.0 Å². The smallest absolute Gasteiger partial charge is 0.200 e. The number of anilines is 1. The van der Waals surface area contributed by atoms with Crippen LogP contribution in [0.25, 0.3) is 0 Å². The lowest BCUT2D eigenvalue weighted by Crippen LogP contribution is -2.52. The lowest BCUT2D eigenvalue weighted by atomic mass is 9.87. The van der Waals surface area contributed by atoms with Crippen LogP contribution in [0, 0.1) is 5.92 Å². The number of aliphatic hydroxyl groups is 1. The third-order valence-corrected chi connectivity index (χ3v) is 15.8. The Balaban J connectivity index is 2.07. The Morgan fingerprint density at radius 2 is 1.82 bits per heavy atom. The van der Waals surface area contributed by atoms with Crippen molar-refractivity contribution < 1.29 is 14.1 Å². The van der Waals surface area contributed by atoms with E-state index >= 15 is 0 Å².